The number of fused-ring (bicyclic) bond motifs is 1. The summed E-state index contributed by atoms with van der Waals surface area (Å²) in [5.41, 5.74) is 1.22. The third-order valence-corrected chi connectivity index (χ3v) is 6.91. The maximum Gasteiger partial charge on any atom is 0.276 e. The molecule has 4 nitrogen and oxygen atoms in total. The zero-order chi connectivity index (χ0) is 19.2. The molecule has 4 rings (SSSR count). The number of rotatable bonds is 2. The van der Waals surface area contributed by atoms with Gasteiger partial charge in [0.05, 0.1) is 17.6 Å². The first-order chi connectivity index (χ1) is 13.8. The van der Waals surface area contributed by atoms with E-state index in [0.717, 1.165) is 23.6 Å². The lowest BCUT2D eigenvalue weighted by Crippen LogP contribution is -2.28. The van der Waals surface area contributed by atoms with E-state index in [9.17, 15) is 4.79 Å². The van der Waals surface area contributed by atoms with Crippen LogP contribution >= 0.6 is 0 Å². The molecule has 0 saturated heterocycles. The van der Waals surface area contributed by atoms with E-state index >= 15 is 0 Å². The Balaban J connectivity index is 1.59. The van der Waals surface area contributed by atoms with Crippen molar-refractivity contribution in [3.63, 3.8) is 0 Å². The summed E-state index contributed by atoms with van der Waals surface area (Å²) in [6.07, 6.45) is 22.7. The molecule has 0 atom stereocenters. The Hall–Kier alpha value is -1.71. The molecule has 0 spiro atoms. The molecule has 0 amide bonds. The molecule has 2 aliphatic rings. The molecule has 28 heavy (non-hydrogen) atoms. The predicted octanol–water partition coefficient (Wildman–Crippen LogP) is 6.29. The van der Waals surface area contributed by atoms with Gasteiger partial charge in [0.1, 0.15) is 0 Å². The van der Waals surface area contributed by atoms with Gasteiger partial charge >= 0.3 is 0 Å². The quantitative estimate of drug-likeness (QED) is 0.614. The first-order valence-electron chi connectivity index (χ1n) is 11.7. The van der Waals surface area contributed by atoms with Crippen LogP contribution in [0.4, 0.5) is 0 Å². The largest absolute Gasteiger partial charge is 0.276 e. The Morgan fingerprint density at radius 2 is 1.32 bits per heavy atom. The Bertz CT molecular complexity index is 810. The summed E-state index contributed by atoms with van der Waals surface area (Å²) < 4.78 is 1.76. The third-order valence-electron chi connectivity index (χ3n) is 6.91. The van der Waals surface area contributed by atoms with E-state index in [1.54, 1.807) is 4.68 Å². The molecule has 2 saturated carbocycles. The highest BCUT2D eigenvalue weighted by Gasteiger charge is 2.19. The Kier molecular flexibility index (Phi) is 6.77. The van der Waals surface area contributed by atoms with Crippen LogP contribution in [0.25, 0.3) is 10.8 Å². The molecular weight excluding hydrogens is 346 g/mol. The van der Waals surface area contributed by atoms with E-state index in [0.29, 0.717) is 5.92 Å². The second-order valence-corrected chi connectivity index (χ2v) is 8.99. The van der Waals surface area contributed by atoms with E-state index in [-0.39, 0.29) is 11.6 Å². The maximum atomic E-state index is 13.1. The van der Waals surface area contributed by atoms with Crippen molar-refractivity contribution in [1.29, 1.82) is 0 Å². The van der Waals surface area contributed by atoms with Crippen molar-refractivity contribution in [2.75, 3.05) is 0 Å². The van der Waals surface area contributed by atoms with E-state index in [2.05, 4.69) is 11.2 Å². The van der Waals surface area contributed by atoms with Crippen LogP contribution in [0.3, 0.4) is 0 Å². The first kappa shape index (κ1) is 19.6. The van der Waals surface area contributed by atoms with Crippen LogP contribution in [0.2, 0.25) is 0 Å². The predicted molar refractivity (Wildman–Crippen MR) is 115 cm³/mol. The molecule has 152 valence electrons. The fourth-order valence-electron chi connectivity index (χ4n) is 5.16. The van der Waals surface area contributed by atoms with Crippen LogP contribution in [-0.4, -0.2) is 14.8 Å². The summed E-state index contributed by atoms with van der Waals surface area (Å²) in [4.78, 5) is 17.9. The fourth-order valence-corrected chi connectivity index (χ4v) is 5.16. The molecule has 0 radical (unpaired) electrons. The second-order valence-electron chi connectivity index (χ2n) is 8.99. The van der Waals surface area contributed by atoms with Gasteiger partial charge in [-0.1, -0.05) is 70.6 Å². The SMILES string of the molecule is O=c1c2cnc(C3CCCCCCCC3)cc2cnn1C1CCCCCCC1. The molecule has 4 heteroatoms. The maximum absolute atomic E-state index is 13.1. The Morgan fingerprint density at radius 1 is 0.750 bits per heavy atom. The Labute approximate surface area is 168 Å². The smallest absolute Gasteiger partial charge is 0.267 e. The monoisotopic (exact) mass is 381 g/mol. The number of nitrogens with zero attached hydrogens (tertiary/aromatic N) is 3. The highest BCUT2D eigenvalue weighted by atomic mass is 16.1. The summed E-state index contributed by atoms with van der Waals surface area (Å²) in [7, 11) is 0. The summed E-state index contributed by atoms with van der Waals surface area (Å²) >= 11 is 0. The minimum Gasteiger partial charge on any atom is -0.267 e. The van der Waals surface area contributed by atoms with Crippen molar-refractivity contribution < 1.29 is 0 Å². The standard InChI is InChI=1S/C24H35N3O/c28-24-22-18-25-23(19-12-8-4-1-2-5-9-13-19)16-20(22)17-26-27(24)21-14-10-6-3-7-11-15-21/h16-19,21H,1-15H2. The number of pyridine rings is 1. The first-order valence-corrected chi connectivity index (χ1v) is 11.7. The molecule has 2 fully saturated rings. The molecule has 0 N–H and O–H groups in total. The molecule has 2 aromatic rings. The molecule has 2 aromatic heterocycles. The highest BCUT2D eigenvalue weighted by molar-refractivity contribution is 5.80. The molecular formula is C24H35N3O. The van der Waals surface area contributed by atoms with E-state index in [1.165, 1.54) is 89.2 Å². The lowest BCUT2D eigenvalue weighted by molar-refractivity contribution is 0.338. The van der Waals surface area contributed by atoms with Gasteiger partial charge in [0.2, 0.25) is 0 Å². The van der Waals surface area contributed by atoms with E-state index in [4.69, 9.17) is 4.98 Å². The average Bonchev–Trinajstić information content (AvgIpc) is 2.82. The fraction of sp³-hybridized carbons (Fsp3) is 0.708. The minimum atomic E-state index is 0.0524. The van der Waals surface area contributed by atoms with Crippen LogP contribution in [0, 0.1) is 0 Å². The van der Waals surface area contributed by atoms with Crippen LogP contribution in [-0.2, 0) is 0 Å². The van der Waals surface area contributed by atoms with Crippen molar-refractivity contribution >= 4 is 10.8 Å². The van der Waals surface area contributed by atoms with Crippen molar-refractivity contribution in [3.8, 4) is 0 Å². The average molecular weight is 382 g/mol. The van der Waals surface area contributed by atoms with Gasteiger partial charge in [-0.3, -0.25) is 9.78 Å². The topological polar surface area (TPSA) is 47.8 Å². The molecule has 2 aliphatic carbocycles. The number of hydrogen-bond acceptors (Lipinski definition) is 3. The van der Waals surface area contributed by atoms with Gasteiger partial charge in [-0.05, 0) is 31.7 Å². The summed E-state index contributed by atoms with van der Waals surface area (Å²) in [5.74, 6) is 0.538. The van der Waals surface area contributed by atoms with Crippen LogP contribution < -0.4 is 5.56 Å². The minimum absolute atomic E-state index is 0.0524. The van der Waals surface area contributed by atoms with Gasteiger partial charge in [0.15, 0.2) is 0 Å². The molecule has 2 heterocycles. The summed E-state index contributed by atoms with van der Waals surface area (Å²) in [5, 5.41) is 6.32. The van der Waals surface area contributed by atoms with Gasteiger partial charge in [-0.2, -0.15) is 5.10 Å². The zero-order valence-corrected chi connectivity index (χ0v) is 17.2. The molecule has 0 aromatic carbocycles. The van der Waals surface area contributed by atoms with E-state index < -0.39 is 0 Å². The van der Waals surface area contributed by atoms with Crippen LogP contribution in [0.1, 0.15) is 114 Å². The van der Waals surface area contributed by atoms with Gasteiger partial charge in [0.25, 0.3) is 5.56 Å². The lowest BCUT2D eigenvalue weighted by Gasteiger charge is -2.21. The molecule has 0 unspecified atom stereocenters. The third kappa shape index (κ3) is 4.64. The number of aromatic nitrogens is 3. The van der Waals surface area contributed by atoms with Crippen LogP contribution in [0.5, 0.6) is 0 Å². The second kappa shape index (κ2) is 9.67. The molecule has 0 aliphatic heterocycles. The lowest BCUT2D eigenvalue weighted by atomic mass is 9.92. The van der Waals surface area contributed by atoms with Gasteiger partial charge in [-0.15, -0.1) is 0 Å². The van der Waals surface area contributed by atoms with E-state index in [1.807, 2.05) is 12.4 Å². The van der Waals surface area contributed by atoms with Crippen molar-refractivity contribution in [2.45, 2.75) is 108 Å². The normalized spacial score (nSPS) is 21.4. The van der Waals surface area contributed by atoms with Crippen molar-refractivity contribution in [1.82, 2.24) is 14.8 Å². The molecule has 0 bridgehead atoms. The van der Waals surface area contributed by atoms with Gasteiger partial charge in [0, 0.05) is 23.2 Å². The summed E-state index contributed by atoms with van der Waals surface area (Å²) in [6.45, 7) is 0. The van der Waals surface area contributed by atoms with Gasteiger partial charge < -0.3 is 0 Å². The van der Waals surface area contributed by atoms with Gasteiger partial charge in [-0.25, -0.2) is 4.68 Å². The number of hydrogen-bond donors (Lipinski definition) is 0. The van der Waals surface area contributed by atoms with Crippen molar-refractivity contribution in [3.05, 3.63) is 34.5 Å². The highest BCUT2D eigenvalue weighted by Crippen LogP contribution is 2.30. The Morgan fingerprint density at radius 3 is 1.96 bits per heavy atom. The van der Waals surface area contributed by atoms with Crippen LogP contribution in [0.15, 0.2) is 23.3 Å². The van der Waals surface area contributed by atoms with Crippen molar-refractivity contribution in [2.24, 2.45) is 0 Å². The summed E-state index contributed by atoms with van der Waals surface area (Å²) in [6, 6.07) is 2.40. The zero-order valence-electron chi connectivity index (χ0n) is 17.2.